The highest BCUT2D eigenvalue weighted by atomic mass is 35.5. The highest BCUT2D eigenvalue weighted by molar-refractivity contribution is 7.11. The van der Waals surface area contributed by atoms with Crippen molar-refractivity contribution in [1.82, 2.24) is 15.2 Å². The van der Waals surface area contributed by atoms with E-state index in [4.69, 9.17) is 30.8 Å². The van der Waals surface area contributed by atoms with Crippen molar-refractivity contribution in [3.8, 4) is 0 Å². The molecule has 41 heavy (non-hydrogen) atoms. The summed E-state index contributed by atoms with van der Waals surface area (Å²) in [6.07, 6.45) is 3.56. The SMILES string of the molecule is COC(=O)C1=C(CN2[C@@H]3COC[C@H]2CC(CC(=O)OC(C)(C)C)C3)NC(c2nccs2)=N[C@H]1c1ccc(F)cc1Cl. The zero-order valence-electron chi connectivity index (χ0n) is 23.5. The number of carbonyl (C=O) groups is 2. The maximum Gasteiger partial charge on any atom is 0.338 e. The maximum absolute atomic E-state index is 14.0. The van der Waals surface area contributed by atoms with E-state index in [2.05, 4.69) is 15.2 Å². The van der Waals surface area contributed by atoms with Gasteiger partial charge in [0.2, 0.25) is 0 Å². The van der Waals surface area contributed by atoms with E-state index in [0.717, 1.165) is 12.8 Å². The van der Waals surface area contributed by atoms with Gasteiger partial charge in [-0.05, 0) is 51.7 Å². The zero-order chi connectivity index (χ0) is 29.3. The van der Waals surface area contributed by atoms with Crippen LogP contribution in [0, 0.1) is 11.7 Å². The summed E-state index contributed by atoms with van der Waals surface area (Å²) in [6, 6.07) is 3.31. The maximum atomic E-state index is 14.0. The molecule has 1 aromatic carbocycles. The van der Waals surface area contributed by atoms with Crippen molar-refractivity contribution in [1.29, 1.82) is 0 Å². The molecule has 0 radical (unpaired) electrons. The third-order valence-corrected chi connectivity index (χ3v) is 8.52. The summed E-state index contributed by atoms with van der Waals surface area (Å²) >= 11 is 7.89. The van der Waals surface area contributed by atoms with Crippen LogP contribution < -0.4 is 5.32 Å². The van der Waals surface area contributed by atoms with E-state index in [1.165, 1.54) is 30.6 Å². The van der Waals surface area contributed by atoms with Crippen molar-refractivity contribution >= 4 is 40.7 Å². The Bertz CT molecular complexity index is 1350. The van der Waals surface area contributed by atoms with Crippen molar-refractivity contribution in [3.63, 3.8) is 0 Å². The fraction of sp³-hybridized carbons (Fsp3) is 0.517. The van der Waals surface area contributed by atoms with Crippen LogP contribution in [0.1, 0.15) is 56.6 Å². The Labute approximate surface area is 247 Å². The number of rotatable bonds is 7. The molecule has 3 aliphatic heterocycles. The van der Waals surface area contributed by atoms with Crippen LogP contribution in [0.3, 0.4) is 0 Å². The molecule has 9 nitrogen and oxygen atoms in total. The van der Waals surface area contributed by atoms with Gasteiger partial charge in [-0.25, -0.2) is 14.2 Å². The smallest absolute Gasteiger partial charge is 0.338 e. The molecule has 220 valence electrons. The van der Waals surface area contributed by atoms with Gasteiger partial charge in [-0.2, -0.15) is 0 Å². The summed E-state index contributed by atoms with van der Waals surface area (Å²) < 4.78 is 30.7. The van der Waals surface area contributed by atoms with Gasteiger partial charge in [0.05, 0.1) is 25.9 Å². The summed E-state index contributed by atoms with van der Waals surface area (Å²) in [5.41, 5.74) is 0.878. The number of methoxy groups -OCH3 is 1. The quantitative estimate of drug-likeness (QED) is 0.455. The van der Waals surface area contributed by atoms with Crippen LogP contribution in [-0.2, 0) is 23.8 Å². The Morgan fingerprint density at radius 3 is 2.59 bits per heavy atom. The van der Waals surface area contributed by atoms with Crippen LogP contribution >= 0.6 is 22.9 Å². The number of aromatic nitrogens is 1. The second-order valence-corrected chi connectivity index (χ2v) is 12.8. The molecule has 2 fully saturated rings. The number of piperidine rings is 1. The lowest BCUT2D eigenvalue weighted by molar-refractivity contribution is -0.158. The molecule has 12 heteroatoms. The van der Waals surface area contributed by atoms with Crippen LogP contribution in [-0.4, -0.2) is 72.2 Å². The topological polar surface area (TPSA) is 102 Å². The zero-order valence-corrected chi connectivity index (χ0v) is 25.1. The Balaban J connectivity index is 1.46. The van der Waals surface area contributed by atoms with E-state index < -0.39 is 23.4 Å². The first-order chi connectivity index (χ1) is 19.5. The van der Waals surface area contributed by atoms with Crippen molar-refractivity contribution in [2.24, 2.45) is 10.9 Å². The van der Waals surface area contributed by atoms with Gasteiger partial charge in [0.15, 0.2) is 10.8 Å². The van der Waals surface area contributed by atoms with Gasteiger partial charge >= 0.3 is 11.9 Å². The van der Waals surface area contributed by atoms with E-state index in [0.29, 0.717) is 53.9 Å². The Kier molecular flexibility index (Phi) is 8.79. The number of hydrogen-bond acceptors (Lipinski definition) is 10. The Morgan fingerprint density at radius 2 is 1.98 bits per heavy atom. The molecule has 0 amide bonds. The summed E-state index contributed by atoms with van der Waals surface area (Å²) in [4.78, 5) is 37.4. The summed E-state index contributed by atoms with van der Waals surface area (Å²) in [6.45, 7) is 7.04. The number of esters is 2. The molecule has 0 aliphatic carbocycles. The molecule has 2 saturated heterocycles. The molecule has 3 aliphatic rings. The van der Waals surface area contributed by atoms with Crippen LogP contribution in [0.5, 0.6) is 0 Å². The van der Waals surface area contributed by atoms with Crippen LogP contribution in [0.15, 0.2) is 46.0 Å². The number of hydrogen-bond donors (Lipinski definition) is 1. The van der Waals surface area contributed by atoms with Crippen molar-refractivity contribution in [3.05, 3.63) is 62.5 Å². The predicted octanol–water partition coefficient (Wildman–Crippen LogP) is 4.67. The number of fused-ring (bicyclic) bond motifs is 2. The number of thiazole rings is 1. The lowest BCUT2D eigenvalue weighted by atomic mass is 9.82. The highest BCUT2D eigenvalue weighted by Gasteiger charge is 2.42. The second-order valence-electron chi connectivity index (χ2n) is 11.5. The lowest BCUT2D eigenvalue weighted by Gasteiger charge is -2.49. The second kappa shape index (κ2) is 12.2. The molecule has 1 unspecified atom stereocenters. The minimum absolute atomic E-state index is 0.0400. The first kappa shape index (κ1) is 29.6. The van der Waals surface area contributed by atoms with Crippen LogP contribution in [0.25, 0.3) is 0 Å². The van der Waals surface area contributed by atoms with Gasteiger partial charge in [0.1, 0.15) is 17.5 Å². The van der Waals surface area contributed by atoms with E-state index in [9.17, 15) is 14.0 Å². The molecular weight excluding hydrogens is 571 g/mol. The molecule has 4 heterocycles. The third-order valence-electron chi connectivity index (χ3n) is 7.41. The molecule has 0 saturated carbocycles. The number of halogens is 2. The summed E-state index contributed by atoms with van der Waals surface area (Å²) in [5.74, 6) is -0.562. The number of nitrogens with one attached hydrogen (secondary N) is 1. The molecule has 2 bridgehead atoms. The molecule has 4 atom stereocenters. The first-order valence-electron chi connectivity index (χ1n) is 13.6. The predicted molar refractivity (Wildman–Crippen MR) is 153 cm³/mol. The summed E-state index contributed by atoms with van der Waals surface area (Å²) in [5, 5.41) is 6.01. The number of ether oxygens (including phenoxy) is 3. The highest BCUT2D eigenvalue weighted by Crippen LogP contribution is 2.39. The van der Waals surface area contributed by atoms with Gasteiger partial charge in [-0.1, -0.05) is 17.7 Å². The normalized spacial score (nSPS) is 24.9. The van der Waals surface area contributed by atoms with Crippen molar-refractivity contribution in [2.45, 2.75) is 63.8 Å². The molecular formula is C29H34ClFN4O5S. The van der Waals surface area contributed by atoms with Gasteiger partial charge in [0.25, 0.3) is 0 Å². The fourth-order valence-corrected chi connectivity index (χ4v) is 6.66. The number of amidine groups is 1. The number of aliphatic imine (C=N–C) groups is 1. The van der Waals surface area contributed by atoms with Gasteiger partial charge < -0.3 is 19.5 Å². The fourth-order valence-electron chi connectivity index (χ4n) is 5.80. The van der Waals surface area contributed by atoms with E-state index >= 15 is 0 Å². The number of nitrogens with zero attached hydrogens (tertiary/aromatic N) is 3. The van der Waals surface area contributed by atoms with Crippen molar-refractivity contribution < 1.29 is 28.2 Å². The van der Waals surface area contributed by atoms with Crippen molar-refractivity contribution in [2.75, 3.05) is 26.9 Å². The number of morpholine rings is 1. The van der Waals surface area contributed by atoms with E-state index in [1.807, 2.05) is 26.2 Å². The standard InChI is InChI=1S/C29H34ClFN4O5S/c1-29(2,3)40-23(36)11-16-9-18-14-39-15-19(10-16)35(18)13-22-24(28(37)38-4)25(20-6-5-17(31)12-21(20)30)34-26(33-22)27-32-7-8-41-27/h5-8,12,16,18-19,25H,9-11,13-15H2,1-4H3,(H,33,34)/t16?,18-,19+,25-/m0/s1. The first-order valence-corrected chi connectivity index (χ1v) is 14.8. The van der Waals surface area contributed by atoms with Crippen LogP contribution in [0.2, 0.25) is 5.02 Å². The van der Waals surface area contributed by atoms with Crippen LogP contribution in [0.4, 0.5) is 4.39 Å². The summed E-state index contributed by atoms with van der Waals surface area (Å²) in [7, 11) is 1.32. The molecule has 2 aromatic rings. The molecule has 5 rings (SSSR count). The van der Waals surface area contributed by atoms with Gasteiger partial charge in [-0.15, -0.1) is 11.3 Å². The Morgan fingerprint density at radius 1 is 1.24 bits per heavy atom. The number of carbonyl (C=O) groups excluding carboxylic acids is 2. The average Bonchev–Trinajstić information content (AvgIpc) is 3.42. The largest absolute Gasteiger partial charge is 0.466 e. The van der Waals surface area contributed by atoms with E-state index in [-0.39, 0.29) is 29.0 Å². The van der Waals surface area contributed by atoms with Gasteiger partial charge in [-0.3, -0.25) is 14.7 Å². The molecule has 1 aromatic heterocycles. The van der Waals surface area contributed by atoms with Gasteiger partial charge in [0, 0.05) is 52.9 Å². The average molecular weight is 605 g/mol. The minimum Gasteiger partial charge on any atom is -0.466 e. The van der Waals surface area contributed by atoms with E-state index in [1.54, 1.807) is 12.3 Å². The monoisotopic (exact) mass is 604 g/mol. The molecule has 0 spiro atoms. The molecule has 1 N–H and O–H groups in total. The third kappa shape index (κ3) is 6.80. The Hall–Kier alpha value is -2.86. The number of benzene rings is 1. The minimum atomic E-state index is -0.827. The lowest BCUT2D eigenvalue weighted by Crippen LogP contribution is -2.58.